The third-order valence-electron chi connectivity index (χ3n) is 1.22. The van der Waals surface area contributed by atoms with Crippen LogP contribution in [0.5, 0.6) is 0 Å². The van der Waals surface area contributed by atoms with Crippen molar-refractivity contribution in [2.45, 2.75) is 6.42 Å². The van der Waals surface area contributed by atoms with E-state index < -0.39 is 0 Å². The van der Waals surface area contributed by atoms with Gasteiger partial charge in [-0.2, -0.15) is 0 Å². The maximum absolute atomic E-state index is 8.55. The van der Waals surface area contributed by atoms with Crippen molar-refractivity contribution >= 4 is 0 Å². The minimum atomic E-state index is -0.0970. The maximum Gasteiger partial charge on any atom is 0.0974 e. The molecule has 0 aliphatic carbocycles. The molecule has 62 valence electrons. The fourth-order valence-corrected chi connectivity index (χ4v) is 0.619. The molecule has 0 aromatic heterocycles. The van der Waals surface area contributed by atoms with Crippen molar-refractivity contribution in [1.29, 1.82) is 0 Å². The molecule has 0 rings (SSSR count). The molecule has 0 heterocycles. The molecule has 4 nitrogen and oxygen atoms in total. The van der Waals surface area contributed by atoms with Crippen LogP contribution >= 0.6 is 0 Å². The Morgan fingerprint density at radius 3 is 2.30 bits per heavy atom. The van der Waals surface area contributed by atoms with E-state index in [0.717, 1.165) is 6.42 Å². The van der Waals surface area contributed by atoms with Gasteiger partial charge in [-0.1, -0.05) is 0 Å². The summed E-state index contributed by atoms with van der Waals surface area (Å²) in [5.74, 6) is 0. The Morgan fingerprint density at radius 1 is 1.30 bits per heavy atom. The van der Waals surface area contributed by atoms with E-state index in [0.29, 0.717) is 13.2 Å². The minimum Gasteiger partial charge on any atom is -0.385 e. The Balaban J connectivity index is 3.09. The van der Waals surface area contributed by atoms with Crippen molar-refractivity contribution in [3.8, 4) is 0 Å². The van der Waals surface area contributed by atoms with Gasteiger partial charge in [0, 0.05) is 20.3 Å². The molecule has 0 spiro atoms. The Kier molecular flexibility index (Phi) is 6.84. The highest BCUT2D eigenvalue weighted by atomic mass is 16.5. The summed E-state index contributed by atoms with van der Waals surface area (Å²) in [5, 5.41) is 17.1. The Bertz CT molecular complexity index is 66.0. The molecule has 4 heteroatoms. The van der Waals surface area contributed by atoms with Gasteiger partial charge in [-0.15, -0.1) is 0 Å². The number of rotatable bonds is 6. The lowest BCUT2D eigenvalue weighted by Gasteiger charge is -2.14. The number of hydrogen-bond acceptors (Lipinski definition) is 4. The fourth-order valence-electron chi connectivity index (χ4n) is 0.619. The number of aliphatic hydroxyl groups excluding tert-OH is 2. The van der Waals surface area contributed by atoms with Gasteiger partial charge in [-0.3, -0.25) is 4.90 Å². The van der Waals surface area contributed by atoms with Crippen molar-refractivity contribution < 1.29 is 14.9 Å². The van der Waals surface area contributed by atoms with E-state index in [-0.39, 0.29) is 13.5 Å². The van der Waals surface area contributed by atoms with E-state index >= 15 is 0 Å². The molecular weight excluding hydrogens is 134 g/mol. The number of nitrogens with zero attached hydrogens (tertiary/aromatic N) is 1. The highest BCUT2D eigenvalue weighted by molar-refractivity contribution is 4.45. The molecule has 0 radical (unpaired) electrons. The van der Waals surface area contributed by atoms with Gasteiger partial charge in [-0.25, -0.2) is 0 Å². The van der Waals surface area contributed by atoms with E-state index in [4.69, 9.17) is 14.9 Å². The van der Waals surface area contributed by atoms with Gasteiger partial charge in [-0.05, 0) is 6.42 Å². The summed E-state index contributed by atoms with van der Waals surface area (Å²) in [4.78, 5) is 1.51. The van der Waals surface area contributed by atoms with E-state index in [1.807, 2.05) is 0 Å². The average molecular weight is 149 g/mol. The minimum absolute atomic E-state index is 0.0970. The first-order valence-corrected chi connectivity index (χ1v) is 3.28. The summed E-state index contributed by atoms with van der Waals surface area (Å²) in [5.41, 5.74) is 0. The number of ether oxygens (including phenoxy) is 1. The third kappa shape index (κ3) is 4.69. The summed E-state index contributed by atoms with van der Waals surface area (Å²) in [7, 11) is 1.63. The molecular formula is C6H15NO3. The Hall–Kier alpha value is -0.160. The van der Waals surface area contributed by atoms with Crippen LogP contribution in [-0.2, 0) is 4.74 Å². The molecule has 0 saturated carbocycles. The normalized spacial score (nSPS) is 10.8. The average Bonchev–Trinajstić information content (AvgIpc) is 1.99. The standard InChI is InChI=1S/C6H15NO3/c1-10-4-2-3-7(5-8)6-9/h8-9H,2-6H2,1H3. The first-order valence-electron chi connectivity index (χ1n) is 3.28. The van der Waals surface area contributed by atoms with Gasteiger partial charge in [0.15, 0.2) is 0 Å². The first kappa shape index (κ1) is 9.84. The lowest BCUT2D eigenvalue weighted by atomic mass is 10.4. The Labute approximate surface area is 61.0 Å². The fraction of sp³-hybridized carbons (Fsp3) is 1.00. The van der Waals surface area contributed by atoms with Crippen molar-refractivity contribution in [3.63, 3.8) is 0 Å². The largest absolute Gasteiger partial charge is 0.385 e. The summed E-state index contributed by atoms with van der Waals surface area (Å²) >= 11 is 0. The van der Waals surface area contributed by atoms with Crippen LogP contribution in [-0.4, -0.2) is 48.8 Å². The molecule has 0 aromatic rings. The molecule has 2 N–H and O–H groups in total. The van der Waals surface area contributed by atoms with Crippen molar-refractivity contribution in [3.05, 3.63) is 0 Å². The summed E-state index contributed by atoms with van der Waals surface area (Å²) in [6.45, 7) is 1.14. The second kappa shape index (κ2) is 6.95. The lowest BCUT2D eigenvalue weighted by Crippen LogP contribution is -2.27. The Morgan fingerprint density at radius 2 is 1.90 bits per heavy atom. The van der Waals surface area contributed by atoms with Crippen LogP contribution in [0.4, 0.5) is 0 Å². The predicted molar refractivity (Wildman–Crippen MR) is 37.4 cm³/mol. The van der Waals surface area contributed by atoms with Crippen LogP contribution in [0.15, 0.2) is 0 Å². The monoisotopic (exact) mass is 149 g/mol. The quantitative estimate of drug-likeness (QED) is 0.384. The smallest absolute Gasteiger partial charge is 0.0974 e. The second-order valence-electron chi connectivity index (χ2n) is 2.02. The van der Waals surface area contributed by atoms with Gasteiger partial charge < -0.3 is 14.9 Å². The number of aliphatic hydroxyl groups is 2. The first-order chi connectivity index (χ1) is 4.85. The summed E-state index contributed by atoms with van der Waals surface area (Å²) in [6, 6.07) is 0. The van der Waals surface area contributed by atoms with Gasteiger partial charge in [0.1, 0.15) is 0 Å². The molecule has 0 aromatic carbocycles. The molecule has 0 aliphatic rings. The van der Waals surface area contributed by atoms with Crippen LogP contribution < -0.4 is 0 Å². The van der Waals surface area contributed by atoms with Crippen molar-refractivity contribution in [2.24, 2.45) is 0 Å². The molecule has 0 aliphatic heterocycles. The van der Waals surface area contributed by atoms with Crippen LogP contribution in [0.2, 0.25) is 0 Å². The lowest BCUT2D eigenvalue weighted by molar-refractivity contribution is 0.0239. The highest BCUT2D eigenvalue weighted by Crippen LogP contribution is 1.87. The molecule has 0 atom stereocenters. The molecule has 0 unspecified atom stereocenters. The summed E-state index contributed by atoms with van der Waals surface area (Å²) < 4.78 is 4.79. The molecule has 0 fully saturated rings. The van der Waals surface area contributed by atoms with E-state index in [2.05, 4.69) is 0 Å². The van der Waals surface area contributed by atoms with Gasteiger partial charge in [0.05, 0.1) is 13.5 Å². The predicted octanol–water partition coefficient (Wildman–Crippen LogP) is -0.775. The van der Waals surface area contributed by atoms with Crippen LogP contribution in [0.1, 0.15) is 6.42 Å². The zero-order valence-corrected chi connectivity index (χ0v) is 6.29. The SMILES string of the molecule is COCCCN(CO)CO. The molecule has 10 heavy (non-hydrogen) atoms. The van der Waals surface area contributed by atoms with Crippen LogP contribution in [0.3, 0.4) is 0 Å². The molecule has 0 amide bonds. The van der Waals surface area contributed by atoms with E-state index in [1.54, 1.807) is 7.11 Å². The summed E-state index contributed by atoms with van der Waals surface area (Å²) in [6.07, 6.45) is 0.831. The second-order valence-corrected chi connectivity index (χ2v) is 2.02. The third-order valence-corrected chi connectivity index (χ3v) is 1.22. The zero-order valence-electron chi connectivity index (χ0n) is 6.29. The maximum atomic E-state index is 8.55. The van der Waals surface area contributed by atoms with Crippen LogP contribution in [0.25, 0.3) is 0 Å². The van der Waals surface area contributed by atoms with Crippen molar-refractivity contribution in [2.75, 3.05) is 33.7 Å². The van der Waals surface area contributed by atoms with Crippen LogP contribution in [0, 0.1) is 0 Å². The van der Waals surface area contributed by atoms with Gasteiger partial charge in [0.2, 0.25) is 0 Å². The molecule has 0 bridgehead atoms. The van der Waals surface area contributed by atoms with Gasteiger partial charge >= 0.3 is 0 Å². The highest BCUT2D eigenvalue weighted by Gasteiger charge is 1.98. The molecule has 0 saturated heterocycles. The van der Waals surface area contributed by atoms with E-state index in [9.17, 15) is 0 Å². The van der Waals surface area contributed by atoms with Crippen molar-refractivity contribution in [1.82, 2.24) is 4.90 Å². The zero-order chi connectivity index (χ0) is 7.82. The number of methoxy groups -OCH3 is 1. The van der Waals surface area contributed by atoms with E-state index in [1.165, 1.54) is 4.90 Å². The van der Waals surface area contributed by atoms with Gasteiger partial charge in [0.25, 0.3) is 0 Å². The number of hydrogen-bond donors (Lipinski definition) is 2. The topological polar surface area (TPSA) is 52.9 Å².